The van der Waals surface area contributed by atoms with Crippen LogP contribution in [0.5, 0.6) is 0 Å². The molecule has 0 aliphatic carbocycles. The lowest BCUT2D eigenvalue weighted by Crippen LogP contribution is -2.39. The van der Waals surface area contributed by atoms with Crippen molar-refractivity contribution < 1.29 is 18.9 Å². The molecule has 0 radical (unpaired) electrons. The lowest BCUT2D eigenvalue weighted by molar-refractivity contribution is -0.385. The lowest BCUT2D eigenvalue weighted by atomic mass is 10.1. The molecule has 2 amide bonds. The highest BCUT2D eigenvalue weighted by Gasteiger charge is 2.41. The predicted molar refractivity (Wildman–Crippen MR) is 86.3 cm³/mol. The number of nitro benzene ring substituents is 1. The quantitative estimate of drug-likeness (QED) is 0.473. The molecule has 8 heteroatoms. The van der Waals surface area contributed by atoms with Crippen LogP contribution in [0.4, 0.5) is 10.1 Å². The highest BCUT2D eigenvalue weighted by Crippen LogP contribution is 2.30. The zero-order valence-electron chi connectivity index (χ0n) is 13.3. The van der Waals surface area contributed by atoms with Gasteiger partial charge in [-0.2, -0.15) is 0 Å². The first-order valence-corrected chi connectivity index (χ1v) is 7.45. The number of imide groups is 1. The summed E-state index contributed by atoms with van der Waals surface area (Å²) < 4.78 is 12.9. The van der Waals surface area contributed by atoms with Crippen LogP contribution in [-0.2, 0) is 6.54 Å². The summed E-state index contributed by atoms with van der Waals surface area (Å²) in [6, 6.07) is 9.87. The molecule has 1 heterocycles. The number of halogens is 1. The minimum atomic E-state index is -0.682. The Morgan fingerprint density at radius 3 is 2.44 bits per heavy atom. The molecule has 2 aromatic carbocycles. The van der Waals surface area contributed by atoms with Crippen LogP contribution in [0.2, 0.25) is 0 Å². The van der Waals surface area contributed by atoms with Crippen LogP contribution in [-0.4, -0.2) is 40.3 Å². The molecule has 0 aromatic heterocycles. The summed E-state index contributed by atoms with van der Waals surface area (Å²) in [5.41, 5.74) is 0.299. The maximum atomic E-state index is 12.9. The largest absolute Gasteiger partial charge is 0.284 e. The predicted octanol–water partition coefficient (Wildman–Crippen LogP) is 2.42. The maximum Gasteiger partial charge on any atom is 0.282 e. The Morgan fingerprint density at radius 1 is 1.12 bits per heavy atom. The fourth-order valence-corrected chi connectivity index (χ4v) is 2.79. The van der Waals surface area contributed by atoms with Crippen LogP contribution < -0.4 is 0 Å². The summed E-state index contributed by atoms with van der Waals surface area (Å²) in [5.74, 6) is -1.59. The smallest absolute Gasteiger partial charge is 0.282 e. The van der Waals surface area contributed by atoms with Crippen molar-refractivity contribution in [3.63, 3.8) is 0 Å². The molecule has 2 aromatic rings. The number of carbonyl (C=O) groups excluding carboxylic acids is 2. The van der Waals surface area contributed by atoms with E-state index < -0.39 is 16.7 Å². The third-order valence-corrected chi connectivity index (χ3v) is 3.92. The average Bonchev–Trinajstić information content (AvgIpc) is 2.82. The average molecular weight is 343 g/mol. The van der Waals surface area contributed by atoms with Crippen LogP contribution in [0.3, 0.4) is 0 Å². The molecule has 0 saturated carbocycles. The van der Waals surface area contributed by atoms with E-state index in [1.54, 1.807) is 24.1 Å². The summed E-state index contributed by atoms with van der Waals surface area (Å²) in [6.45, 7) is 0.358. The number of hydrogen-bond acceptors (Lipinski definition) is 5. The van der Waals surface area contributed by atoms with Gasteiger partial charge in [0.15, 0.2) is 0 Å². The number of hydrogen-bond donors (Lipinski definition) is 0. The Balaban J connectivity index is 1.79. The number of benzene rings is 2. The first-order valence-electron chi connectivity index (χ1n) is 7.45. The fourth-order valence-electron chi connectivity index (χ4n) is 2.79. The van der Waals surface area contributed by atoms with E-state index in [1.807, 2.05) is 0 Å². The first kappa shape index (κ1) is 16.7. The molecule has 0 bridgehead atoms. The SMILES string of the molecule is CN(Cc1ccc(F)cc1)CN1C(=O)c2cccc([N+](=O)[O-])c2C1=O. The van der Waals surface area contributed by atoms with E-state index in [4.69, 9.17) is 0 Å². The van der Waals surface area contributed by atoms with Gasteiger partial charge in [0.05, 0.1) is 17.2 Å². The van der Waals surface area contributed by atoms with E-state index in [-0.39, 0.29) is 29.3 Å². The molecule has 0 spiro atoms. The van der Waals surface area contributed by atoms with Gasteiger partial charge in [-0.3, -0.25) is 29.5 Å². The van der Waals surface area contributed by atoms with Gasteiger partial charge in [0.2, 0.25) is 0 Å². The third-order valence-electron chi connectivity index (χ3n) is 3.92. The zero-order chi connectivity index (χ0) is 18.1. The highest BCUT2D eigenvalue weighted by molar-refractivity contribution is 6.23. The number of amides is 2. The summed E-state index contributed by atoms with van der Waals surface area (Å²) in [7, 11) is 1.70. The molecule has 128 valence electrons. The summed E-state index contributed by atoms with van der Waals surface area (Å²) in [4.78, 5) is 38.0. The van der Waals surface area contributed by atoms with Crippen molar-refractivity contribution in [2.24, 2.45) is 0 Å². The van der Waals surface area contributed by atoms with E-state index >= 15 is 0 Å². The van der Waals surface area contributed by atoms with Crippen LogP contribution in [0.1, 0.15) is 26.3 Å². The van der Waals surface area contributed by atoms with Gasteiger partial charge in [-0.1, -0.05) is 18.2 Å². The molecule has 3 rings (SSSR count). The van der Waals surface area contributed by atoms with E-state index in [1.165, 1.54) is 30.3 Å². The van der Waals surface area contributed by atoms with Gasteiger partial charge >= 0.3 is 0 Å². The number of carbonyl (C=O) groups is 2. The molecule has 0 saturated heterocycles. The van der Waals surface area contributed by atoms with E-state index in [2.05, 4.69) is 0 Å². The minimum absolute atomic E-state index is 0.0269. The monoisotopic (exact) mass is 343 g/mol. The molecule has 1 aliphatic heterocycles. The second-order valence-electron chi connectivity index (χ2n) is 5.78. The van der Waals surface area contributed by atoms with Crippen molar-refractivity contribution in [2.45, 2.75) is 6.54 Å². The van der Waals surface area contributed by atoms with Gasteiger partial charge in [0.1, 0.15) is 11.4 Å². The molecule has 25 heavy (non-hydrogen) atoms. The second kappa shape index (κ2) is 6.40. The highest BCUT2D eigenvalue weighted by atomic mass is 19.1. The number of rotatable bonds is 5. The first-order chi connectivity index (χ1) is 11.9. The van der Waals surface area contributed by atoms with E-state index in [9.17, 15) is 24.1 Å². The Bertz CT molecular complexity index is 867. The normalized spacial score (nSPS) is 13.5. The number of nitro groups is 1. The molecular weight excluding hydrogens is 329 g/mol. The Labute approximate surface area is 142 Å². The topological polar surface area (TPSA) is 83.8 Å². The number of fused-ring (bicyclic) bond motifs is 1. The minimum Gasteiger partial charge on any atom is -0.284 e. The van der Waals surface area contributed by atoms with Crippen LogP contribution in [0.15, 0.2) is 42.5 Å². The molecule has 7 nitrogen and oxygen atoms in total. The van der Waals surface area contributed by atoms with Crippen molar-refractivity contribution in [2.75, 3.05) is 13.7 Å². The van der Waals surface area contributed by atoms with Gasteiger partial charge in [-0.15, -0.1) is 0 Å². The Hall–Kier alpha value is -3.13. The van der Waals surface area contributed by atoms with Gasteiger partial charge in [0.25, 0.3) is 17.5 Å². The second-order valence-corrected chi connectivity index (χ2v) is 5.78. The van der Waals surface area contributed by atoms with Gasteiger partial charge in [-0.05, 0) is 30.8 Å². The molecule has 0 fully saturated rings. The van der Waals surface area contributed by atoms with Crippen molar-refractivity contribution >= 4 is 17.5 Å². The zero-order valence-corrected chi connectivity index (χ0v) is 13.3. The van der Waals surface area contributed by atoms with Crippen LogP contribution >= 0.6 is 0 Å². The van der Waals surface area contributed by atoms with Crippen LogP contribution in [0.25, 0.3) is 0 Å². The molecule has 1 aliphatic rings. The molecule has 0 N–H and O–H groups in total. The number of nitrogens with zero attached hydrogens (tertiary/aromatic N) is 3. The molecular formula is C17H14FN3O4. The van der Waals surface area contributed by atoms with Gasteiger partial charge in [0, 0.05) is 12.6 Å². The van der Waals surface area contributed by atoms with Crippen molar-refractivity contribution in [3.05, 3.63) is 75.1 Å². The van der Waals surface area contributed by atoms with E-state index in [0.29, 0.717) is 6.54 Å². The Morgan fingerprint density at radius 2 is 1.80 bits per heavy atom. The van der Waals surface area contributed by atoms with E-state index in [0.717, 1.165) is 10.5 Å². The maximum absolute atomic E-state index is 12.9. The lowest BCUT2D eigenvalue weighted by Gasteiger charge is -2.22. The standard InChI is InChI=1S/C17H14FN3O4/c1-19(9-11-5-7-12(18)8-6-11)10-20-16(22)13-3-2-4-14(21(24)25)15(13)17(20)23/h2-8H,9-10H2,1H3. The molecule has 0 atom stereocenters. The van der Waals surface area contributed by atoms with Crippen molar-refractivity contribution in [1.82, 2.24) is 9.80 Å². The van der Waals surface area contributed by atoms with Crippen LogP contribution in [0, 0.1) is 15.9 Å². The van der Waals surface area contributed by atoms with Gasteiger partial charge < -0.3 is 0 Å². The fraction of sp³-hybridized carbons (Fsp3) is 0.176. The summed E-state index contributed by atoms with van der Waals surface area (Å²) in [5, 5.41) is 11.1. The molecule has 0 unspecified atom stereocenters. The summed E-state index contributed by atoms with van der Waals surface area (Å²) in [6.07, 6.45) is 0. The summed E-state index contributed by atoms with van der Waals surface area (Å²) >= 11 is 0. The Kier molecular flexibility index (Phi) is 4.28. The van der Waals surface area contributed by atoms with Crippen molar-refractivity contribution in [1.29, 1.82) is 0 Å². The third kappa shape index (κ3) is 3.11. The van der Waals surface area contributed by atoms with Gasteiger partial charge in [-0.25, -0.2) is 4.39 Å². The van der Waals surface area contributed by atoms with Crippen molar-refractivity contribution in [3.8, 4) is 0 Å².